The molecule has 2 amide bonds. The summed E-state index contributed by atoms with van der Waals surface area (Å²) >= 11 is 1.54. The predicted molar refractivity (Wildman–Crippen MR) is 85.5 cm³/mol. The Balaban J connectivity index is 1.80. The lowest BCUT2D eigenvalue weighted by molar-refractivity contribution is -0.126. The van der Waals surface area contributed by atoms with Gasteiger partial charge in [-0.3, -0.25) is 9.59 Å². The Morgan fingerprint density at radius 3 is 2.71 bits per heavy atom. The van der Waals surface area contributed by atoms with E-state index in [9.17, 15) is 9.59 Å². The Morgan fingerprint density at radius 1 is 1.43 bits per heavy atom. The first kappa shape index (κ1) is 16.0. The number of nitrogens with one attached hydrogen (secondary N) is 1. The third kappa shape index (κ3) is 4.30. The molecule has 0 spiro atoms. The number of carbonyl (C=O) groups excluding carboxylic acids is 2. The van der Waals surface area contributed by atoms with Gasteiger partial charge in [-0.2, -0.15) is 11.3 Å². The second kappa shape index (κ2) is 7.59. The van der Waals surface area contributed by atoms with Crippen LogP contribution < -0.4 is 5.32 Å². The van der Waals surface area contributed by atoms with Crippen LogP contribution in [0.4, 0.5) is 0 Å². The van der Waals surface area contributed by atoms with Crippen LogP contribution in [0.1, 0.15) is 49.9 Å². The zero-order valence-electron chi connectivity index (χ0n) is 12.8. The van der Waals surface area contributed by atoms with E-state index >= 15 is 0 Å². The van der Waals surface area contributed by atoms with Gasteiger partial charge in [0, 0.05) is 30.4 Å². The van der Waals surface area contributed by atoms with E-state index < -0.39 is 0 Å². The minimum atomic E-state index is 0.0517. The van der Waals surface area contributed by atoms with Gasteiger partial charge in [0.1, 0.15) is 0 Å². The normalized spacial score (nSPS) is 17.5. The zero-order chi connectivity index (χ0) is 15.2. The predicted octanol–water partition coefficient (Wildman–Crippen LogP) is 2.91. The highest BCUT2D eigenvalue weighted by Crippen LogP contribution is 2.20. The van der Waals surface area contributed by atoms with Crippen LogP contribution >= 0.6 is 11.3 Å². The molecule has 0 saturated carbocycles. The summed E-state index contributed by atoms with van der Waals surface area (Å²) in [6.07, 6.45) is 3.62. The van der Waals surface area contributed by atoms with Crippen LogP contribution in [-0.2, 0) is 4.79 Å². The van der Waals surface area contributed by atoms with E-state index in [4.69, 9.17) is 0 Å². The smallest absolute Gasteiger partial charge is 0.254 e. The number of piperidine rings is 1. The highest BCUT2D eigenvalue weighted by molar-refractivity contribution is 7.08. The van der Waals surface area contributed by atoms with E-state index in [1.807, 2.05) is 21.7 Å². The maximum Gasteiger partial charge on any atom is 0.254 e. The van der Waals surface area contributed by atoms with Gasteiger partial charge >= 0.3 is 0 Å². The average molecular weight is 308 g/mol. The molecule has 0 bridgehead atoms. The van der Waals surface area contributed by atoms with Crippen LogP contribution in [0.3, 0.4) is 0 Å². The highest BCUT2D eigenvalue weighted by Gasteiger charge is 2.28. The van der Waals surface area contributed by atoms with Gasteiger partial charge in [-0.15, -0.1) is 0 Å². The van der Waals surface area contributed by atoms with E-state index in [-0.39, 0.29) is 23.8 Å². The van der Waals surface area contributed by atoms with Gasteiger partial charge in [-0.25, -0.2) is 0 Å². The summed E-state index contributed by atoms with van der Waals surface area (Å²) in [5.41, 5.74) is 0.763. The van der Waals surface area contributed by atoms with Crippen molar-refractivity contribution in [1.82, 2.24) is 10.2 Å². The molecule has 1 atom stereocenters. The fraction of sp³-hybridized carbons (Fsp3) is 0.625. The first-order valence-corrected chi connectivity index (χ1v) is 8.68. The molecule has 0 radical (unpaired) electrons. The summed E-state index contributed by atoms with van der Waals surface area (Å²) in [6.45, 7) is 5.53. The minimum absolute atomic E-state index is 0.0517. The van der Waals surface area contributed by atoms with Gasteiger partial charge in [0.2, 0.25) is 5.91 Å². The third-order valence-electron chi connectivity index (χ3n) is 4.03. The number of likely N-dealkylation sites (tertiary alicyclic amines) is 1. The Hall–Kier alpha value is -1.36. The number of hydrogen-bond donors (Lipinski definition) is 1. The first-order chi connectivity index (χ1) is 10.1. The van der Waals surface area contributed by atoms with E-state index in [1.165, 1.54) is 11.3 Å². The number of amides is 2. The molecule has 1 aromatic heterocycles. The number of rotatable bonds is 5. The Kier molecular flexibility index (Phi) is 5.79. The van der Waals surface area contributed by atoms with Crippen molar-refractivity contribution in [2.75, 3.05) is 13.1 Å². The van der Waals surface area contributed by atoms with E-state index in [0.29, 0.717) is 13.1 Å². The van der Waals surface area contributed by atoms with Crippen LogP contribution in [0, 0.1) is 5.92 Å². The second-order valence-electron chi connectivity index (χ2n) is 5.78. The highest BCUT2D eigenvalue weighted by atomic mass is 32.1. The molecule has 1 N–H and O–H groups in total. The maximum atomic E-state index is 12.2. The minimum Gasteiger partial charge on any atom is -0.353 e. The van der Waals surface area contributed by atoms with Crippen LogP contribution in [0.15, 0.2) is 16.8 Å². The summed E-state index contributed by atoms with van der Waals surface area (Å²) < 4.78 is 0. The van der Waals surface area contributed by atoms with E-state index in [0.717, 1.165) is 31.2 Å². The third-order valence-corrected chi connectivity index (χ3v) is 4.71. The van der Waals surface area contributed by atoms with Crippen LogP contribution in [-0.4, -0.2) is 35.8 Å². The van der Waals surface area contributed by atoms with E-state index in [2.05, 4.69) is 19.2 Å². The van der Waals surface area contributed by atoms with Crippen molar-refractivity contribution < 1.29 is 9.59 Å². The zero-order valence-corrected chi connectivity index (χ0v) is 13.6. The lowest BCUT2D eigenvalue weighted by Gasteiger charge is -2.31. The Labute approximate surface area is 130 Å². The van der Waals surface area contributed by atoms with Crippen LogP contribution in [0.25, 0.3) is 0 Å². The summed E-state index contributed by atoms with van der Waals surface area (Å²) in [4.78, 5) is 26.3. The molecule has 0 aliphatic carbocycles. The molecule has 1 saturated heterocycles. The monoisotopic (exact) mass is 308 g/mol. The van der Waals surface area contributed by atoms with Crippen molar-refractivity contribution in [1.29, 1.82) is 0 Å². The maximum absolute atomic E-state index is 12.2. The molecule has 1 aliphatic rings. The summed E-state index contributed by atoms with van der Waals surface area (Å²) in [5, 5.41) is 6.88. The average Bonchev–Trinajstić information content (AvgIpc) is 3.01. The molecule has 21 heavy (non-hydrogen) atoms. The van der Waals surface area contributed by atoms with Crippen LogP contribution in [0.5, 0.6) is 0 Å². The van der Waals surface area contributed by atoms with Crippen molar-refractivity contribution in [2.45, 2.75) is 45.6 Å². The largest absolute Gasteiger partial charge is 0.353 e. The molecule has 116 valence electrons. The molecule has 0 aromatic carbocycles. The van der Waals surface area contributed by atoms with Gasteiger partial charge in [0.25, 0.3) is 5.91 Å². The van der Waals surface area contributed by atoms with Crippen LogP contribution in [0.2, 0.25) is 0 Å². The van der Waals surface area contributed by atoms with Crippen molar-refractivity contribution in [2.24, 2.45) is 5.92 Å². The standard InChI is InChI=1S/C16H24N2O2S/c1-3-4-12(2)17-15(19)13-5-8-18(9-6-13)16(20)14-7-10-21-11-14/h7,10-13H,3-6,8-9H2,1-2H3,(H,17,19)/t12-/m1/s1. The number of carbonyl (C=O) groups is 2. The van der Waals surface area contributed by atoms with Gasteiger partial charge in [0.15, 0.2) is 0 Å². The molecule has 2 rings (SSSR count). The molecule has 1 aromatic rings. The molecule has 2 heterocycles. The molecular weight excluding hydrogens is 284 g/mol. The summed E-state index contributed by atoms with van der Waals surface area (Å²) in [5.74, 6) is 0.295. The fourth-order valence-electron chi connectivity index (χ4n) is 2.78. The van der Waals surface area contributed by atoms with E-state index in [1.54, 1.807) is 0 Å². The van der Waals surface area contributed by atoms with Crippen molar-refractivity contribution in [3.63, 3.8) is 0 Å². The lowest BCUT2D eigenvalue weighted by atomic mass is 9.95. The summed E-state index contributed by atoms with van der Waals surface area (Å²) in [7, 11) is 0. The second-order valence-corrected chi connectivity index (χ2v) is 6.56. The van der Waals surface area contributed by atoms with Crippen molar-refractivity contribution in [3.8, 4) is 0 Å². The number of nitrogens with zero attached hydrogens (tertiary/aromatic N) is 1. The van der Waals surface area contributed by atoms with Gasteiger partial charge in [-0.05, 0) is 37.6 Å². The van der Waals surface area contributed by atoms with Crippen molar-refractivity contribution >= 4 is 23.2 Å². The first-order valence-electron chi connectivity index (χ1n) is 7.73. The topological polar surface area (TPSA) is 49.4 Å². The molecule has 0 unspecified atom stereocenters. The van der Waals surface area contributed by atoms with Crippen molar-refractivity contribution in [3.05, 3.63) is 22.4 Å². The van der Waals surface area contributed by atoms with Gasteiger partial charge in [-0.1, -0.05) is 13.3 Å². The Bertz CT molecular complexity index is 465. The number of hydrogen-bond acceptors (Lipinski definition) is 3. The SMILES string of the molecule is CCC[C@@H](C)NC(=O)C1CCN(C(=O)c2ccsc2)CC1. The molecule has 1 aliphatic heterocycles. The van der Waals surface area contributed by atoms with Gasteiger partial charge in [0.05, 0.1) is 5.56 Å². The molecule has 1 fully saturated rings. The van der Waals surface area contributed by atoms with Gasteiger partial charge < -0.3 is 10.2 Å². The molecular formula is C16H24N2O2S. The fourth-order valence-corrected chi connectivity index (χ4v) is 3.41. The quantitative estimate of drug-likeness (QED) is 0.909. The molecule has 5 heteroatoms. The summed E-state index contributed by atoms with van der Waals surface area (Å²) in [6, 6.07) is 2.10. The Morgan fingerprint density at radius 2 is 2.14 bits per heavy atom. The lowest BCUT2D eigenvalue weighted by Crippen LogP contribution is -2.44. The molecule has 4 nitrogen and oxygen atoms in total. The number of thiophene rings is 1.